The Morgan fingerprint density at radius 2 is 2.21 bits per heavy atom. The number of nitrogens with zero attached hydrogens (tertiary/aromatic N) is 4. The lowest BCUT2D eigenvalue weighted by Gasteiger charge is -2.07. The van der Waals surface area contributed by atoms with Crippen molar-refractivity contribution in [2.45, 2.75) is 26.3 Å². The molecule has 2 heterocycles. The molecule has 0 radical (unpaired) electrons. The summed E-state index contributed by atoms with van der Waals surface area (Å²) in [5.74, 6) is 1.22. The fraction of sp³-hybridized carbons (Fsp3) is 0.462. The molecule has 2 aromatic heterocycles. The number of nitrogens with one attached hydrogen (secondary N) is 1. The summed E-state index contributed by atoms with van der Waals surface area (Å²) in [5, 5.41) is 3.21. The molecule has 0 fully saturated rings. The summed E-state index contributed by atoms with van der Waals surface area (Å²) in [4.78, 5) is 12.6. The Morgan fingerprint density at radius 1 is 1.32 bits per heavy atom. The minimum Gasteiger partial charge on any atom is -0.481 e. The fourth-order valence-corrected chi connectivity index (χ4v) is 1.76. The normalized spacial score (nSPS) is 10.4. The van der Waals surface area contributed by atoms with Crippen LogP contribution in [-0.4, -0.2) is 33.2 Å². The smallest absolute Gasteiger partial charge is 0.226 e. The average molecular weight is 261 g/mol. The maximum atomic E-state index is 5.11. The van der Waals surface area contributed by atoms with Gasteiger partial charge in [-0.15, -0.1) is 0 Å². The van der Waals surface area contributed by atoms with E-state index in [0.717, 1.165) is 31.6 Å². The predicted molar refractivity (Wildman–Crippen MR) is 73.3 cm³/mol. The van der Waals surface area contributed by atoms with E-state index in [2.05, 4.69) is 24.8 Å². The van der Waals surface area contributed by atoms with Crippen molar-refractivity contribution in [1.29, 1.82) is 0 Å². The number of unbranched alkanes of at least 4 members (excludes halogenated alkanes) is 1. The highest BCUT2D eigenvalue weighted by Crippen LogP contribution is 2.11. The van der Waals surface area contributed by atoms with Crippen molar-refractivity contribution in [2.75, 3.05) is 19.0 Å². The molecule has 0 unspecified atom stereocenters. The maximum Gasteiger partial charge on any atom is 0.226 e. The van der Waals surface area contributed by atoms with E-state index in [1.54, 1.807) is 13.3 Å². The van der Waals surface area contributed by atoms with E-state index >= 15 is 0 Å². The number of rotatable bonds is 7. The van der Waals surface area contributed by atoms with E-state index in [1.807, 2.05) is 25.5 Å². The summed E-state index contributed by atoms with van der Waals surface area (Å²) in [6, 6.07) is 1.81. The molecular formula is C13H19N5O. The first-order chi connectivity index (χ1) is 9.28. The second-order valence-electron chi connectivity index (χ2n) is 4.31. The second-order valence-corrected chi connectivity index (χ2v) is 4.31. The van der Waals surface area contributed by atoms with Gasteiger partial charge in [0, 0.05) is 37.2 Å². The van der Waals surface area contributed by atoms with Crippen LogP contribution in [0.3, 0.4) is 0 Å². The molecule has 2 aromatic rings. The van der Waals surface area contributed by atoms with Crippen molar-refractivity contribution in [3.63, 3.8) is 0 Å². The zero-order valence-corrected chi connectivity index (χ0v) is 11.3. The summed E-state index contributed by atoms with van der Waals surface area (Å²) in [6.07, 6.45) is 7.75. The van der Waals surface area contributed by atoms with Gasteiger partial charge in [0.1, 0.15) is 0 Å². The summed E-state index contributed by atoms with van der Waals surface area (Å²) >= 11 is 0. The third kappa shape index (κ3) is 4.24. The lowest BCUT2D eigenvalue weighted by Crippen LogP contribution is -2.08. The van der Waals surface area contributed by atoms with E-state index in [-0.39, 0.29) is 0 Å². The minimum atomic E-state index is 0.591. The van der Waals surface area contributed by atoms with E-state index < -0.39 is 0 Å². The molecule has 102 valence electrons. The van der Waals surface area contributed by atoms with E-state index in [9.17, 15) is 0 Å². The quantitative estimate of drug-likeness (QED) is 0.771. The Kier molecular flexibility index (Phi) is 4.72. The predicted octanol–water partition coefficient (Wildman–Crippen LogP) is 1.88. The molecule has 0 aromatic carbocycles. The number of aromatic nitrogens is 4. The van der Waals surface area contributed by atoms with Crippen molar-refractivity contribution < 1.29 is 4.74 Å². The molecule has 0 saturated carbocycles. The first kappa shape index (κ1) is 13.3. The van der Waals surface area contributed by atoms with Crippen molar-refractivity contribution in [3.05, 3.63) is 30.5 Å². The molecule has 0 bridgehead atoms. The zero-order chi connectivity index (χ0) is 13.5. The highest BCUT2D eigenvalue weighted by atomic mass is 16.5. The summed E-state index contributed by atoms with van der Waals surface area (Å²) < 4.78 is 7.19. The van der Waals surface area contributed by atoms with Gasteiger partial charge in [0.25, 0.3) is 0 Å². The van der Waals surface area contributed by atoms with Crippen LogP contribution in [0.15, 0.2) is 24.8 Å². The Bertz CT molecular complexity index is 498. The molecule has 2 rings (SSSR count). The van der Waals surface area contributed by atoms with E-state index in [1.165, 1.54) is 0 Å². The van der Waals surface area contributed by atoms with Crippen molar-refractivity contribution in [3.8, 4) is 5.88 Å². The summed E-state index contributed by atoms with van der Waals surface area (Å²) in [6.45, 7) is 3.76. The van der Waals surface area contributed by atoms with Crippen molar-refractivity contribution >= 4 is 5.95 Å². The molecular weight excluding hydrogens is 242 g/mol. The number of imidazole rings is 1. The Hall–Kier alpha value is -2.11. The van der Waals surface area contributed by atoms with Crippen LogP contribution in [-0.2, 0) is 6.54 Å². The van der Waals surface area contributed by atoms with Gasteiger partial charge in [-0.2, -0.15) is 4.98 Å². The molecule has 0 aliphatic rings. The van der Waals surface area contributed by atoms with Crippen LogP contribution in [0.1, 0.15) is 18.5 Å². The largest absolute Gasteiger partial charge is 0.481 e. The maximum absolute atomic E-state index is 5.11. The van der Waals surface area contributed by atoms with Crippen molar-refractivity contribution in [2.24, 2.45) is 0 Å². The third-order valence-corrected chi connectivity index (χ3v) is 2.73. The van der Waals surface area contributed by atoms with Gasteiger partial charge in [-0.3, -0.25) is 0 Å². The topological polar surface area (TPSA) is 64.9 Å². The minimum absolute atomic E-state index is 0.591. The van der Waals surface area contributed by atoms with Crippen LogP contribution in [0.4, 0.5) is 5.95 Å². The van der Waals surface area contributed by atoms with Crippen LogP contribution >= 0.6 is 0 Å². The van der Waals surface area contributed by atoms with Gasteiger partial charge in [-0.25, -0.2) is 9.97 Å². The molecule has 1 N–H and O–H groups in total. The van der Waals surface area contributed by atoms with Crippen LogP contribution in [0.25, 0.3) is 0 Å². The van der Waals surface area contributed by atoms with Crippen LogP contribution in [0, 0.1) is 6.92 Å². The van der Waals surface area contributed by atoms with Crippen LogP contribution < -0.4 is 10.1 Å². The Labute approximate surface area is 112 Å². The fourth-order valence-electron chi connectivity index (χ4n) is 1.76. The number of ether oxygens (including phenoxy) is 1. The van der Waals surface area contributed by atoms with Gasteiger partial charge < -0.3 is 14.6 Å². The lowest BCUT2D eigenvalue weighted by molar-refractivity contribution is 0.397. The molecule has 0 amide bonds. The van der Waals surface area contributed by atoms with Crippen LogP contribution in [0.2, 0.25) is 0 Å². The molecule has 0 atom stereocenters. The number of hydrogen-bond acceptors (Lipinski definition) is 5. The van der Waals surface area contributed by atoms with E-state index in [4.69, 9.17) is 4.74 Å². The van der Waals surface area contributed by atoms with Gasteiger partial charge in [0.2, 0.25) is 11.8 Å². The molecule has 0 aliphatic carbocycles. The number of anilines is 1. The van der Waals surface area contributed by atoms with Gasteiger partial charge in [0.05, 0.1) is 13.4 Å². The summed E-state index contributed by atoms with van der Waals surface area (Å²) in [7, 11) is 1.61. The van der Waals surface area contributed by atoms with Gasteiger partial charge >= 0.3 is 0 Å². The molecule has 6 nitrogen and oxygen atoms in total. The highest BCUT2D eigenvalue weighted by Gasteiger charge is 2.01. The molecule has 0 spiro atoms. The van der Waals surface area contributed by atoms with Gasteiger partial charge in [0.15, 0.2) is 0 Å². The number of methoxy groups -OCH3 is 1. The van der Waals surface area contributed by atoms with Crippen molar-refractivity contribution in [1.82, 2.24) is 19.5 Å². The number of hydrogen-bond donors (Lipinski definition) is 1. The summed E-state index contributed by atoms with van der Waals surface area (Å²) in [5.41, 5.74) is 0.896. The molecule has 6 heteroatoms. The van der Waals surface area contributed by atoms with Gasteiger partial charge in [-0.1, -0.05) is 0 Å². The van der Waals surface area contributed by atoms with Crippen LogP contribution in [0.5, 0.6) is 5.88 Å². The molecule has 19 heavy (non-hydrogen) atoms. The van der Waals surface area contributed by atoms with Gasteiger partial charge in [-0.05, 0) is 19.8 Å². The molecule has 0 saturated heterocycles. The first-order valence-electron chi connectivity index (χ1n) is 6.37. The standard InChI is InChI=1S/C13H19N5O/c1-11-9-12(19-2)17-13(16-11)15-5-3-4-7-18-8-6-14-10-18/h6,8-10H,3-5,7H2,1-2H3,(H,15,16,17). The lowest BCUT2D eigenvalue weighted by atomic mass is 10.3. The second kappa shape index (κ2) is 6.72. The molecule has 0 aliphatic heterocycles. The monoisotopic (exact) mass is 261 g/mol. The zero-order valence-electron chi connectivity index (χ0n) is 11.3. The highest BCUT2D eigenvalue weighted by molar-refractivity contribution is 5.30. The average Bonchev–Trinajstić information content (AvgIpc) is 2.91. The van der Waals surface area contributed by atoms with E-state index in [0.29, 0.717) is 11.8 Å². The Morgan fingerprint density at radius 3 is 2.95 bits per heavy atom. The number of aryl methyl sites for hydroxylation is 2. The third-order valence-electron chi connectivity index (χ3n) is 2.73. The Balaban J connectivity index is 1.72. The first-order valence-corrected chi connectivity index (χ1v) is 6.37. The SMILES string of the molecule is COc1cc(C)nc(NCCCCn2ccnc2)n1.